The van der Waals surface area contributed by atoms with E-state index in [1.165, 1.54) is 18.2 Å². The van der Waals surface area contributed by atoms with E-state index in [-0.39, 0.29) is 34.2 Å². The van der Waals surface area contributed by atoms with Crippen molar-refractivity contribution in [2.45, 2.75) is 29.3 Å². The topological polar surface area (TPSA) is 32.8 Å². The molecule has 0 aromatic heterocycles. The van der Waals surface area contributed by atoms with E-state index in [0.29, 0.717) is 13.1 Å². The molecule has 2 aliphatic heterocycles. The van der Waals surface area contributed by atoms with E-state index < -0.39 is 5.51 Å². The second-order valence-electron chi connectivity index (χ2n) is 6.27. The molecule has 0 aliphatic carbocycles. The third kappa shape index (κ3) is 5.12. The number of piperazine rings is 1. The molecule has 2 saturated heterocycles. The second kappa shape index (κ2) is 7.97. The van der Waals surface area contributed by atoms with Crippen molar-refractivity contribution >= 4 is 17.7 Å². The highest BCUT2D eigenvalue weighted by molar-refractivity contribution is 8.00. The lowest BCUT2D eigenvalue weighted by atomic mass is 10.1. The van der Waals surface area contributed by atoms with Gasteiger partial charge in [-0.05, 0) is 36.7 Å². The fourth-order valence-electron chi connectivity index (χ4n) is 3.24. The van der Waals surface area contributed by atoms with Crippen LogP contribution in [-0.2, 0) is 4.74 Å². The monoisotopic (exact) mass is 374 g/mol. The fourth-order valence-corrected chi connectivity index (χ4v) is 3.90. The zero-order valence-electron chi connectivity index (χ0n) is 13.8. The Kier molecular flexibility index (Phi) is 5.91. The van der Waals surface area contributed by atoms with Crippen LogP contribution in [0, 0.1) is 0 Å². The molecule has 0 saturated carbocycles. The molecule has 25 heavy (non-hydrogen) atoms. The van der Waals surface area contributed by atoms with Crippen molar-refractivity contribution in [3.05, 3.63) is 29.8 Å². The lowest BCUT2D eigenvalue weighted by molar-refractivity contribution is -0.0328. The van der Waals surface area contributed by atoms with Crippen LogP contribution in [0.2, 0.25) is 0 Å². The fraction of sp³-hybridized carbons (Fsp3) is 0.588. The summed E-state index contributed by atoms with van der Waals surface area (Å²) in [7, 11) is 0. The standard InChI is InChI=1S/C17H21F3N2O2S/c18-17(19,20)25-15-6-2-1-5-14(15)16(23)22-9-7-21(8-10-22)12-13-4-3-11-24-13/h1-2,5-6,13H,3-4,7-12H2. The van der Waals surface area contributed by atoms with Crippen LogP contribution in [-0.4, -0.2) is 66.6 Å². The summed E-state index contributed by atoms with van der Waals surface area (Å²) < 4.78 is 43.7. The summed E-state index contributed by atoms with van der Waals surface area (Å²) >= 11 is -0.233. The number of thioether (sulfide) groups is 1. The molecule has 1 aromatic carbocycles. The molecule has 0 bridgehead atoms. The van der Waals surface area contributed by atoms with Crippen LogP contribution < -0.4 is 0 Å². The van der Waals surface area contributed by atoms with E-state index in [2.05, 4.69) is 4.90 Å². The Hall–Kier alpha value is -1.25. The first kappa shape index (κ1) is 18.5. The van der Waals surface area contributed by atoms with E-state index in [9.17, 15) is 18.0 Å². The maximum absolute atomic E-state index is 12.7. The molecule has 2 heterocycles. The Morgan fingerprint density at radius 3 is 2.56 bits per heavy atom. The van der Waals surface area contributed by atoms with E-state index in [1.807, 2.05) is 0 Å². The zero-order chi connectivity index (χ0) is 17.9. The van der Waals surface area contributed by atoms with Crippen LogP contribution >= 0.6 is 11.8 Å². The van der Waals surface area contributed by atoms with E-state index in [1.54, 1.807) is 11.0 Å². The van der Waals surface area contributed by atoms with Crippen LogP contribution in [0.1, 0.15) is 23.2 Å². The minimum atomic E-state index is -4.41. The maximum Gasteiger partial charge on any atom is 0.446 e. The highest BCUT2D eigenvalue weighted by Crippen LogP contribution is 2.38. The van der Waals surface area contributed by atoms with Gasteiger partial charge in [0.1, 0.15) is 0 Å². The number of rotatable bonds is 4. The number of benzene rings is 1. The Morgan fingerprint density at radius 2 is 1.92 bits per heavy atom. The summed E-state index contributed by atoms with van der Waals surface area (Å²) in [5.74, 6) is -0.330. The Bertz CT molecular complexity index is 598. The number of hydrogen-bond donors (Lipinski definition) is 0. The van der Waals surface area contributed by atoms with Crippen molar-refractivity contribution in [3.63, 3.8) is 0 Å². The Morgan fingerprint density at radius 1 is 1.20 bits per heavy atom. The molecule has 4 nitrogen and oxygen atoms in total. The number of nitrogens with zero attached hydrogens (tertiary/aromatic N) is 2. The van der Waals surface area contributed by atoms with Crippen LogP contribution in [0.5, 0.6) is 0 Å². The van der Waals surface area contributed by atoms with Gasteiger partial charge in [0.15, 0.2) is 0 Å². The summed E-state index contributed by atoms with van der Waals surface area (Å²) in [5, 5.41) is 0. The molecule has 2 aliphatic rings. The number of halogens is 3. The molecule has 3 rings (SSSR count). The van der Waals surface area contributed by atoms with Crippen molar-refractivity contribution in [2.75, 3.05) is 39.3 Å². The third-order valence-electron chi connectivity index (χ3n) is 4.49. The van der Waals surface area contributed by atoms with Gasteiger partial charge >= 0.3 is 5.51 Å². The molecule has 8 heteroatoms. The molecule has 1 amide bonds. The predicted molar refractivity (Wildman–Crippen MR) is 89.7 cm³/mol. The number of carbonyl (C=O) groups excluding carboxylic acids is 1. The average molecular weight is 374 g/mol. The second-order valence-corrected chi connectivity index (χ2v) is 7.38. The SMILES string of the molecule is O=C(c1ccccc1SC(F)(F)F)N1CCN(CC2CCCO2)CC1. The highest BCUT2D eigenvalue weighted by Gasteiger charge is 2.32. The zero-order valence-corrected chi connectivity index (χ0v) is 14.6. The summed E-state index contributed by atoms with van der Waals surface area (Å²) in [6.45, 7) is 4.17. The largest absolute Gasteiger partial charge is 0.446 e. The van der Waals surface area contributed by atoms with E-state index >= 15 is 0 Å². The van der Waals surface area contributed by atoms with Crippen molar-refractivity contribution < 1.29 is 22.7 Å². The van der Waals surface area contributed by atoms with Crippen LogP contribution in [0.25, 0.3) is 0 Å². The number of alkyl halides is 3. The smallest absolute Gasteiger partial charge is 0.377 e. The van der Waals surface area contributed by atoms with E-state index in [0.717, 1.165) is 39.1 Å². The highest BCUT2D eigenvalue weighted by atomic mass is 32.2. The van der Waals surface area contributed by atoms with Gasteiger partial charge in [-0.15, -0.1) is 0 Å². The molecule has 1 atom stereocenters. The van der Waals surface area contributed by atoms with Gasteiger partial charge in [0.25, 0.3) is 5.91 Å². The van der Waals surface area contributed by atoms with Gasteiger partial charge < -0.3 is 9.64 Å². The molecule has 0 spiro atoms. The van der Waals surface area contributed by atoms with Crippen molar-refractivity contribution in [2.24, 2.45) is 0 Å². The minimum Gasteiger partial charge on any atom is -0.377 e. The van der Waals surface area contributed by atoms with Gasteiger partial charge in [-0.1, -0.05) is 12.1 Å². The van der Waals surface area contributed by atoms with Gasteiger partial charge in [-0.2, -0.15) is 13.2 Å². The van der Waals surface area contributed by atoms with Crippen LogP contribution in [0.15, 0.2) is 29.2 Å². The summed E-state index contributed by atoms with van der Waals surface area (Å²) in [5.41, 5.74) is -4.28. The van der Waals surface area contributed by atoms with Crippen molar-refractivity contribution in [3.8, 4) is 0 Å². The molecule has 1 unspecified atom stereocenters. The first-order valence-corrected chi connectivity index (χ1v) is 9.22. The molecular formula is C17H21F3N2O2S. The normalized spacial score (nSPS) is 22.4. The molecule has 0 N–H and O–H groups in total. The van der Waals surface area contributed by atoms with Crippen molar-refractivity contribution in [1.29, 1.82) is 0 Å². The lowest BCUT2D eigenvalue weighted by Gasteiger charge is -2.36. The third-order valence-corrected chi connectivity index (χ3v) is 5.30. The van der Waals surface area contributed by atoms with Crippen LogP contribution in [0.3, 0.4) is 0 Å². The summed E-state index contributed by atoms with van der Waals surface area (Å²) in [4.78, 5) is 16.5. The first-order valence-electron chi connectivity index (χ1n) is 8.40. The summed E-state index contributed by atoms with van der Waals surface area (Å²) in [6.07, 6.45) is 2.43. The number of amides is 1. The summed E-state index contributed by atoms with van der Waals surface area (Å²) in [6, 6.07) is 5.93. The lowest BCUT2D eigenvalue weighted by Crippen LogP contribution is -2.50. The molecule has 138 valence electrons. The number of carbonyl (C=O) groups is 1. The predicted octanol–water partition coefficient (Wildman–Crippen LogP) is 3.24. The Labute approximate surface area is 149 Å². The van der Waals surface area contributed by atoms with Crippen molar-refractivity contribution in [1.82, 2.24) is 9.80 Å². The average Bonchev–Trinajstić information content (AvgIpc) is 3.07. The number of ether oxygens (including phenoxy) is 1. The molecule has 2 fully saturated rings. The molecule has 1 aromatic rings. The van der Waals surface area contributed by atoms with Crippen LogP contribution in [0.4, 0.5) is 13.2 Å². The van der Waals surface area contributed by atoms with Gasteiger partial charge in [0, 0.05) is 44.2 Å². The Balaban J connectivity index is 1.59. The van der Waals surface area contributed by atoms with E-state index in [4.69, 9.17) is 4.74 Å². The van der Waals surface area contributed by atoms with Gasteiger partial charge in [0.05, 0.1) is 11.7 Å². The van der Waals surface area contributed by atoms with Gasteiger partial charge in [0.2, 0.25) is 0 Å². The number of hydrogen-bond acceptors (Lipinski definition) is 4. The minimum absolute atomic E-state index is 0.0400. The molecule has 0 radical (unpaired) electrons. The molecular weight excluding hydrogens is 353 g/mol. The maximum atomic E-state index is 12.7. The first-order chi connectivity index (χ1) is 11.9. The van der Waals surface area contributed by atoms with Gasteiger partial charge in [-0.25, -0.2) is 0 Å². The quantitative estimate of drug-likeness (QED) is 0.758. The van der Waals surface area contributed by atoms with Gasteiger partial charge in [-0.3, -0.25) is 9.69 Å².